The zero-order valence-corrected chi connectivity index (χ0v) is 17.8. The van der Waals surface area contributed by atoms with Gasteiger partial charge in [-0.15, -0.1) is 0 Å². The highest BCUT2D eigenvalue weighted by atomic mass is 19.2. The molecule has 0 radical (unpaired) electrons. The molecule has 35 heavy (non-hydrogen) atoms. The van der Waals surface area contributed by atoms with Crippen molar-refractivity contribution in [2.75, 3.05) is 7.11 Å². The van der Waals surface area contributed by atoms with Gasteiger partial charge in [0.25, 0.3) is 0 Å². The van der Waals surface area contributed by atoms with Crippen molar-refractivity contribution < 1.29 is 35.5 Å². The first-order valence-corrected chi connectivity index (χ1v) is 10.2. The van der Waals surface area contributed by atoms with Gasteiger partial charge in [0.2, 0.25) is 0 Å². The highest BCUT2D eigenvalue weighted by Gasteiger charge is 2.24. The largest absolute Gasteiger partial charge is 0.497 e. The third-order valence-electron chi connectivity index (χ3n) is 5.84. The van der Waals surface area contributed by atoms with Crippen LogP contribution in [0.15, 0.2) is 60.7 Å². The van der Waals surface area contributed by atoms with Crippen molar-refractivity contribution in [3.05, 3.63) is 101 Å². The van der Waals surface area contributed by atoms with Crippen molar-refractivity contribution in [2.24, 2.45) is 0 Å². The lowest BCUT2D eigenvalue weighted by Gasteiger charge is -2.19. The minimum absolute atomic E-state index is 0.0328. The van der Waals surface area contributed by atoms with Crippen LogP contribution in [0.3, 0.4) is 0 Å². The standard InChI is InChI=1S/C27H13F7O/c1-35-13-8-20(30)26(21(31)9-13)25-15-5-3-2-4-14(15)24(12-6-22(32)27(34)23(33)7-12)16-10-18(28)19(29)11-17(16)25/h2-11H,1H3. The van der Waals surface area contributed by atoms with Gasteiger partial charge in [0.1, 0.15) is 17.4 Å². The number of methoxy groups -OCH3 is 1. The van der Waals surface area contributed by atoms with Crippen LogP contribution in [0.4, 0.5) is 30.7 Å². The second-order valence-electron chi connectivity index (χ2n) is 7.83. The van der Waals surface area contributed by atoms with Gasteiger partial charge in [-0.25, -0.2) is 30.7 Å². The molecule has 0 saturated heterocycles. The van der Waals surface area contributed by atoms with Crippen molar-refractivity contribution in [3.8, 4) is 28.0 Å². The first kappa shape index (κ1) is 22.7. The van der Waals surface area contributed by atoms with E-state index in [1.807, 2.05) is 0 Å². The van der Waals surface area contributed by atoms with E-state index in [4.69, 9.17) is 4.74 Å². The molecule has 0 amide bonds. The summed E-state index contributed by atoms with van der Waals surface area (Å²) in [4.78, 5) is 0. The Morgan fingerprint density at radius 2 is 0.971 bits per heavy atom. The van der Waals surface area contributed by atoms with Gasteiger partial charge < -0.3 is 4.74 Å². The molecule has 176 valence electrons. The summed E-state index contributed by atoms with van der Waals surface area (Å²) in [5, 5.41) is 0.207. The van der Waals surface area contributed by atoms with Crippen LogP contribution in [0, 0.1) is 40.7 Å². The smallest absolute Gasteiger partial charge is 0.194 e. The van der Waals surface area contributed by atoms with Crippen molar-refractivity contribution in [3.63, 3.8) is 0 Å². The summed E-state index contributed by atoms with van der Waals surface area (Å²) in [6, 6.07) is 10.9. The van der Waals surface area contributed by atoms with E-state index in [-0.39, 0.29) is 44.0 Å². The number of fused-ring (bicyclic) bond motifs is 2. The third kappa shape index (κ3) is 3.56. The zero-order valence-electron chi connectivity index (χ0n) is 17.8. The van der Waals surface area contributed by atoms with E-state index in [0.717, 1.165) is 36.4 Å². The lowest BCUT2D eigenvalue weighted by atomic mass is 9.85. The fraction of sp³-hybridized carbons (Fsp3) is 0.0370. The fourth-order valence-corrected chi connectivity index (χ4v) is 4.36. The molecule has 5 aromatic carbocycles. The maximum absolute atomic E-state index is 15.2. The predicted molar refractivity (Wildman–Crippen MR) is 119 cm³/mol. The molecule has 1 nitrogen and oxygen atoms in total. The molecular weight excluding hydrogens is 473 g/mol. The second kappa shape index (κ2) is 8.30. The summed E-state index contributed by atoms with van der Waals surface area (Å²) >= 11 is 0. The van der Waals surface area contributed by atoms with Crippen molar-refractivity contribution in [2.45, 2.75) is 0 Å². The molecule has 5 aromatic rings. The van der Waals surface area contributed by atoms with Crippen LogP contribution in [0.2, 0.25) is 0 Å². The fourth-order valence-electron chi connectivity index (χ4n) is 4.36. The maximum Gasteiger partial charge on any atom is 0.194 e. The van der Waals surface area contributed by atoms with Gasteiger partial charge in [-0.2, -0.15) is 0 Å². The predicted octanol–water partition coefficient (Wildman–Crippen LogP) is 8.31. The molecule has 0 saturated carbocycles. The monoisotopic (exact) mass is 486 g/mol. The first-order valence-electron chi connectivity index (χ1n) is 10.2. The lowest BCUT2D eigenvalue weighted by molar-refractivity contribution is 0.407. The zero-order chi connectivity index (χ0) is 25.0. The van der Waals surface area contributed by atoms with E-state index < -0.39 is 46.3 Å². The minimum Gasteiger partial charge on any atom is -0.497 e. The Labute approximate surface area is 194 Å². The molecule has 5 rings (SSSR count). The number of benzene rings is 5. The summed E-state index contributed by atoms with van der Waals surface area (Å²) in [6.07, 6.45) is 0. The molecule has 0 aliphatic carbocycles. The quantitative estimate of drug-likeness (QED) is 0.142. The number of halogens is 7. The van der Waals surface area contributed by atoms with Crippen LogP contribution in [0.5, 0.6) is 5.75 Å². The molecular formula is C27H13F7O. The van der Waals surface area contributed by atoms with Crippen LogP contribution in [-0.4, -0.2) is 7.11 Å². The van der Waals surface area contributed by atoms with Crippen LogP contribution in [-0.2, 0) is 0 Å². The number of hydrogen-bond acceptors (Lipinski definition) is 1. The molecule has 0 aliphatic rings. The van der Waals surface area contributed by atoms with Gasteiger partial charge in [0, 0.05) is 17.7 Å². The second-order valence-corrected chi connectivity index (χ2v) is 7.83. The summed E-state index contributed by atoms with van der Waals surface area (Å²) in [6.45, 7) is 0. The average molecular weight is 486 g/mol. The van der Waals surface area contributed by atoms with Gasteiger partial charge >= 0.3 is 0 Å². The van der Waals surface area contributed by atoms with Gasteiger partial charge in [-0.1, -0.05) is 24.3 Å². The molecule has 0 unspecified atom stereocenters. The Bertz CT molecular complexity index is 1610. The number of hydrogen-bond donors (Lipinski definition) is 0. The normalized spacial score (nSPS) is 11.4. The molecule has 0 spiro atoms. The summed E-state index contributed by atoms with van der Waals surface area (Å²) < 4.78 is 106. The highest BCUT2D eigenvalue weighted by Crippen LogP contribution is 2.46. The molecule has 0 N–H and O–H groups in total. The Morgan fingerprint density at radius 1 is 0.486 bits per heavy atom. The SMILES string of the molecule is COc1cc(F)c(-c2c3ccccc3c(-c3cc(F)c(F)c(F)c3)c3cc(F)c(F)cc23)c(F)c1. The first-order chi connectivity index (χ1) is 16.7. The third-order valence-corrected chi connectivity index (χ3v) is 5.84. The van der Waals surface area contributed by atoms with Crippen LogP contribution in [0.1, 0.15) is 0 Å². The lowest BCUT2D eigenvalue weighted by Crippen LogP contribution is -1.99. The van der Waals surface area contributed by atoms with Crippen molar-refractivity contribution in [1.29, 1.82) is 0 Å². The molecule has 0 bridgehead atoms. The van der Waals surface area contributed by atoms with Gasteiger partial charge in [-0.3, -0.25) is 0 Å². The molecule has 0 aliphatic heterocycles. The summed E-state index contributed by atoms with van der Waals surface area (Å²) in [5.74, 6) is -9.41. The Hall–Kier alpha value is -4.07. The van der Waals surface area contributed by atoms with E-state index in [2.05, 4.69) is 0 Å². The number of rotatable bonds is 3. The average Bonchev–Trinajstić information content (AvgIpc) is 2.82. The summed E-state index contributed by atoms with van der Waals surface area (Å²) in [7, 11) is 1.23. The van der Waals surface area contributed by atoms with Crippen LogP contribution >= 0.6 is 0 Å². The van der Waals surface area contributed by atoms with Crippen LogP contribution < -0.4 is 4.74 Å². The maximum atomic E-state index is 15.2. The van der Waals surface area contributed by atoms with E-state index in [9.17, 15) is 22.0 Å². The summed E-state index contributed by atoms with van der Waals surface area (Å²) in [5.41, 5.74) is -0.763. The molecule has 0 heterocycles. The Morgan fingerprint density at radius 3 is 1.49 bits per heavy atom. The van der Waals surface area contributed by atoms with E-state index in [1.54, 1.807) is 12.1 Å². The number of ether oxygens (including phenoxy) is 1. The van der Waals surface area contributed by atoms with Gasteiger partial charge in [0.05, 0.1) is 12.7 Å². The van der Waals surface area contributed by atoms with Crippen molar-refractivity contribution in [1.82, 2.24) is 0 Å². The minimum atomic E-state index is -1.70. The van der Waals surface area contributed by atoms with Gasteiger partial charge in [-0.05, 0) is 56.9 Å². The Balaban J connectivity index is 2.03. The molecule has 0 aromatic heterocycles. The Kier molecular flexibility index (Phi) is 5.39. The van der Waals surface area contributed by atoms with Crippen LogP contribution in [0.25, 0.3) is 43.8 Å². The van der Waals surface area contributed by atoms with Gasteiger partial charge in [0.15, 0.2) is 29.1 Å². The molecule has 0 fully saturated rings. The molecule has 0 atom stereocenters. The van der Waals surface area contributed by atoms with E-state index >= 15 is 8.78 Å². The van der Waals surface area contributed by atoms with E-state index in [1.165, 1.54) is 19.2 Å². The topological polar surface area (TPSA) is 9.23 Å². The van der Waals surface area contributed by atoms with E-state index in [0.29, 0.717) is 0 Å². The van der Waals surface area contributed by atoms with Crippen molar-refractivity contribution >= 4 is 21.5 Å². The highest BCUT2D eigenvalue weighted by molar-refractivity contribution is 6.21. The molecule has 8 heteroatoms.